The summed E-state index contributed by atoms with van der Waals surface area (Å²) >= 11 is 0. The number of benzene rings is 2. The van der Waals surface area contributed by atoms with Gasteiger partial charge >= 0.3 is 0 Å². The minimum Gasteiger partial charge on any atom is -0.324 e. The Balaban J connectivity index is 1.56. The molecule has 0 radical (unpaired) electrons. The van der Waals surface area contributed by atoms with Gasteiger partial charge in [0.25, 0.3) is 5.56 Å². The fourth-order valence-electron chi connectivity index (χ4n) is 2.92. The molecule has 1 N–H and O–H groups in total. The quantitative estimate of drug-likeness (QED) is 0.576. The molecule has 0 saturated heterocycles. The third kappa shape index (κ3) is 3.52. The smallest absolute Gasteiger partial charge is 0.283 e. The first kappa shape index (κ1) is 17.6. The Morgan fingerprint density at radius 1 is 1.07 bits per heavy atom. The molecule has 0 spiro atoms. The van der Waals surface area contributed by atoms with Crippen LogP contribution in [0.25, 0.3) is 11.2 Å². The van der Waals surface area contributed by atoms with E-state index in [0.29, 0.717) is 17.9 Å². The highest BCUT2D eigenvalue weighted by Gasteiger charge is 2.14. The summed E-state index contributed by atoms with van der Waals surface area (Å²) in [4.78, 5) is 29.3. The van der Waals surface area contributed by atoms with Crippen LogP contribution in [0.2, 0.25) is 0 Å². The predicted molar refractivity (Wildman–Crippen MR) is 105 cm³/mol. The Kier molecular flexibility index (Phi) is 4.67. The number of hydrogen-bond donors (Lipinski definition) is 1. The lowest BCUT2D eigenvalue weighted by molar-refractivity contribution is -0.116. The topological polar surface area (TPSA) is 94.7 Å². The van der Waals surface area contributed by atoms with Crippen molar-refractivity contribution in [2.24, 2.45) is 0 Å². The molecule has 0 aliphatic rings. The van der Waals surface area contributed by atoms with Crippen LogP contribution in [0.4, 0.5) is 5.69 Å². The van der Waals surface area contributed by atoms with Crippen molar-refractivity contribution in [2.75, 3.05) is 5.32 Å². The van der Waals surface area contributed by atoms with Crippen LogP contribution in [0.1, 0.15) is 11.1 Å². The Hall–Kier alpha value is -3.81. The molecule has 0 aliphatic carbocycles. The first-order chi connectivity index (χ1) is 13.6. The zero-order valence-corrected chi connectivity index (χ0v) is 15.2. The van der Waals surface area contributed by atoms with Crippen LogP contribution in [-0.4, -0.2) is 30.5 Å². The molecule has 4 rings (SSSR count). The van der Waals surface area contributed by atoms with Crippen molar-refractivity contribution < 1.29 is 4.79 Å². The van der Waals surface area contributed by atoms with E-state index in [2.05, 4.69) is 20.6 Å². The largest absolute Gasteiger partial charge is 0.324 e. The number of aryl methyl sites for hydroxylation is 1. The maximum absolute atomic E-state index is 12.7. The number of anilines is 1. The molecule has 0 atom stereocenters. The number of nitrogens with zero attached hydrogens (tertiary/aromatic N) is 5. The third-order valence-corrected chi connectivity index (χ3v) is 4.40. The first-order valence-electron chi connectivity index (χ1n) is 8.80. The molecule has 0 aliphatic heterocycles. The van der Waals surface area contributed by atoms with Crippen molar-refractivity contribution in [1.29, 1.82) is 0 Å². The average molecular weight is 374 g/mol. The molecule has 4 aromatic rings. The molecular formula is C20H18N6O2. The maximum Gasteiger partial charge on any atom is 0.283 e. The Morgan fingerprint density at radius 3 is 2.61 bits per heavy atom. The molecule has 2 heterocycles. The van der Waals surface area contributed by atoms with Crippen LogP contribution in [0.15, 0.2) is 65.7 Å². The van der Waals surface area contributed by atoms with Crippen LogP contribution < -0.4 is 10.9 Å². The molecule has 0 bridgehead atoms. The van der Waals surface area contributed by atoms with E-state index < -0.39 is 5.56 Å². The van der Waals surface area contributed by atoms with Crippen LogP contribution in [0, 0.1) is 6.92 Å². The number of rotatable bonds is 5. The van der Waals surface area contributed by atoms with Gasteiger partial charge in [-0.25, -0.2) is 9.67 Å². The summed E-state index contributed by atoms with van der Waals surface area (Å²) in [5.41, 5.74) is 2.82. The number of fused-ring (bicyclic) bond motifs is 1. The molecule has 2 aromatic carbocycles. The number of hydrogen-bond acceptors (Lipinski definition) is 5. The van der Waals surface area contributed by atoms with E-state index in [9.17, 15) is 9.59 Å². The number of carbonyl (C=O) groups excluding carboxylic acids is 1. The first-order valence-corrected chi connectivity index (χ1v) is 8.80. The lowest BCUT2D eigenvalue weighted by Gasteiger charge is -2.09. The van der Waals surface area contributed by atoms with Crippen LogP contribution >= 0.6 is 0 Å². The SMILES string of the molecule is Cc1ccccc1NC(=O)Cn1cnc2c(nnn2Cc2ccccc2)c1=O. The van der Waals surface area contributed by atoms with Crippen molar-refractivity contribution in [2.45, 2.75) is 20.0 Å². The van der Waals surface area contributed by atoms with Crippen molar-refractivity contribution in [3.8, 4) is 0 Å². The van der Waals surface area contributed by atoms with Gasteiger partial charge in [-0.1, -0.05) is 53.7 Å². The summed E-state index contributed by atoms with van der Waals surface area (Å²) in [7, 11) is 0. The number of para-hydroxylation sites is 1. The van der Waals surface area contributed by atoms with Crippen molar-refractivity contribution >= 4 is 22.8 Å². The number of carbonyl (C=O) groups is 1. The van der Waals surface area contributed by atoms with E-state index in [4.69, 9.17) is 0 Å². The summed E-state index contributed by atoms with van der Waals surface area (Å²) in [5.74, 6) is -0.311. The molecule has 140 valence electrons. The van der Waals surface area contributed by atoms with Gasteiger partial charge in [-0.15, -0.1) is 5.10 Å². The molecular weight excluding hydrogens is 356 g/mol. The van der Waals surface area contributed by atoms with Crippen molar-refractivity contribution in [1.82, 2.24) is 24.5 Å². The fourth-order valence-corrected chi connectivity index (χ4v) is 2.92. The molecule has 8 heteroatoms. The molecule has 0 unspecified atom stereocenters. The zero-order chi connectivity index (χ0) is 19.5. The van der Waals surface area contributed by atoms with E-state index in [1.165, 1.54) is 10.9 Å². The van der Waals surface area contributed by atoms with Gasteiger partial charge < -0.3 is 5.32 Å². The van der Waals surface area contributed by atoms with E-state index in [0.717, 1.165) is 11.1 Å². The van der Waals surface area contributed by atoms with Crippen LogP contribution in [0.3, 0.4) is 0 Å². The summed E-state index contributed by atoms with van der Waals surface area (Å²) in [6.07, 6.45) is 1.35. The maximum atomic E-state index is 12.7. The van der Waals surface area contributed by atoms with Crippen LogP contribution in [0.5, 0.6) is 0 Å². The number of amides is 1. The number of aromatic nitrogens is 5. The molecule has 0 saturated carbocycles. The summed E-state index contributed by atoms with van der Waals surface area (Å²) in [5, 5.41) is 10.8. The summed E-state index contributed by atoms with van der Waals surface area (Å²) < 4.78 is 2.81. The van der Waals surface area contributed by atoms with Gasteiger partial charge in [0.1, 0.15) is 12.9 Å². The van der Waals surface area contributed by atoms with Gasteiger partial charge in [0, 0.05) is 5.69 Å². The normalized spacial score (nSPS) is 10.9. The second-order valence-corrected chi connectivity index (χ2v) is 6.45. The van der Waals surface area contributed by atoms with Gasteiger partial charge in [-0.2, -0.15) is 0 Å². The van der Waals surface area contributed by atoms with Gasteiger partial charge in [0.15, 0.2) is 11.2 Å². The fraction of sp³-hybridized carbons (Fsp3) is 0.150. The van der Waals surface area contributed by atoms with Gasteiger partial charge in [0.05, 0.1) is 6.54 Å². The highest BCUT2D eigenvalue weighted by molar-refractivity contribution is 5.91. The standard InChI is InChI=1S/C20H18N6O2/c1-14-7-5-6-10-16(14)22-17(27)12-25-13-21-19-18(20(25)28)23-24-26(19)11-15-8-3-2-4-9-15/h2-10,13H,11-12H2,1H3,(H,22,27). The minimum atomic E-state index is -0.399. The second-order valence-electron chi connectivity index (χ2n) is 6.45. The third-order valence-electron chi connectivity index (χ3n) is 4.40. The lowest BCUT2D eigenvalue weighted by atomic mass is 10.2. The highest BCUT2D eigenvalue weighted by atomic mass is 16.2. The monoisotopic (exact) mass is 374 g/mol. The molecule has 28 heavy (non-hydrogen) atoms. The highest BCUT2D eigenvalue weighted by Crippen LogP contribution is 2.13. The summed E-state index contributed by atoms with van der Waals surface area (Å²) in [6.45, 7) is 2.21. The zero-order valence-electron chi connectivity index (χ0n) is 15.2. The van der Waals surface area contributed by atoms with E-state index in [-0.39, 0.29) is 18.0 Å². The lowest BCUT2D eigenvalue weighted by Crippen LogP contribution is -2.28. The van der Waals surface area contributed by atoms with Gasteiger partial charge in [0.2, 0.25) is 5.91 Å². The molecule has 2 aromatic heterocycles. The van der Waals surface area contributed by atoms with Gasteiger partial charge in [-0.3, -0.25) is 14.2 Å². The second kappa shape index (κ2) is 7.43. The van der Waals surface area contributed by atoms with E-state index >= 15 is 0 Å². The van der Waals surface area contributed by atoms with Crippen molar-refractivity contribution in [3.63, 3.8) is 0 Å². The Morgan fingerprint density at radius 2 is 1.82 bits per heavy atom. The predicted octanol–water partition coefficient (Wildman–Crippen LogP) is 1.98. The summed E-state index contributed by atoms with van der Waals surface area (Å²) in [6, 6.07) is 17.2. The van der Waals surface area contributed by atoms with Crippen molar-refractivity contribution in [3.05, 3.63) is 82.4 Å². The Bertz CT molecular complexity index is 1200. The minimum absolute atomic E-state index is 0.141. The average Bonchev–Trinajstić information content (AvgIpc) is 3.10. The van der Waals surface area contributed by atoms with E-state index in [1.807, 2.05) is 61.5 Å². The van der Waals surface area contributed by atoms with Gasteiger partial charge in [-0.05, 0) is 24.1 Å². The molecule has 0 fully saturated rings. The number of nitrogens with one attached hydrogen (secondary N) is 1. The van der Waals surface area contributed by atoms with E-state index in [1.54, 1.807) is 4.68 Å². The molecule has 8 nitrogen and oxygen atoms in total. The Labute approximate surface area is 160 Å². The molecule has 1 amide bonds. The van der Waals surface area contributed by atoms with Crippen LogP contribution in [-0.2, 0) is 17.9 Å².